The molecule has 0 saturated heterocycles. The van der Waals surface area contributed by atoms with Crippen LogP contribution in [0.3, 0.4) is 0 Å². The number of carbonyl (C=O) groups excluding carboxylic acids is 1. The highest BCUT2D eigenvalue weighted by molar-refractivity contribution is 5.69. The summed E-state index contributed by atoms with van der Waals surface area (Å²) in [5, 5.41) is 0. The Morgan fingerprint density at radius 2 is 1.04 bits per heavy atom. The summed E-state index contributed by atoms with van der Waals surface area (Å²) in [6.07, 6.45) is 25.8. The van der Waals surface area contributed by atoms with Gasteiger partial charge in [0.1, 0.15) is 0 Å². The number of hydrogen-bond donors (Lipinski definition) is 0. The van der Waals surface area contributed by atoms with E-state index in [0.717, 1.165) is 18.8 Å². The average molecular weight is 397 g/mol. The molecule has 0 unspecified atom stereocenters. The minimum Gasteiger partial charge on any atom is -0.466 e. The smallest absolute Gasteiger partial charge is 0.305 e. The van der Waals surface area contributed by atoms with Gasteiger partial charge in [-0.2, -0.15) is 0 Å². The maximum atomic E-state index is 11.7. The second-order valence-corrected chi connectivity index (χ2v) is 9.16. The normalized spacial score (nSPS) is 11.3. The Labute approximate surface area is 177 Å². The third-order valence-electron chi connectivity index (χ3n) is 5.67. The summed E-state index contributed by atoms with van der Waals surface area (Å²) in [5.41, 5.74) is 0. The van der Waals surface area contributed by atoms with Gasteiger partial charge < -0.3 is 4.74 Å². The molecule has 0 aromatic heterocycles. The molecule has 0 saturated carbocycles. The van der Waals surface area contributed by atoms with Crippen molar-refractivity contribution in [2.75, 3.05) is 6.61 Å². The van der Waals surface area contributed by atoms with E-state index in [9.17, 15) is 4.79 Å². The van der Waals surface area contributed by atoms with Gasteiger partial charge in [0.15, 0.2) is 0 Å². The standard InChI is InChI=1S/C26H52O2/c1-4-5-6-7-8-9-10-11-12-13-14-15-16-17-20-23-26(27)28-24-21-18-19-22-25(2)3/h25H,4-24H2,1-3H3. The van der Waals surface area contributed by atoms with Gasteiger partial charge in [0.2, 0.25) is 0 Å². The molecule has 0 aliphatic heterocycles. The van der Waals surface area contributed by atoms with Gasteiger partial charge in [-0.1, -0.05) is 130 Å². The number of carbonyl (C=O) groups is 1. The minimum absolute atomic E-state index is 0.0125. The van der Waals surface area contributed by atoms with Gasteiger partial charge in [-0.3, -0.25) is 4.79 Å². The zero-order valence-electron chi connectivity index (χ0n) is 19.7. The molecular weight excluding hydrogens is 344 g/mol. The van der Waals surface area contributed by atoms with Gasteiger partial charge in [0.25, 0.3) is 0 Å². The van der Waals surface area contributed by atoms with Crippen molar-refractivity contribution in [3.63, 3.8) is 0 Å². The Balaban J connectivity index is 3.13. The Bertz CT molecular complexity index is 312. The molecule has 168 valence electrons. The van der Waals surface area contributed by atoms with E-state index in [1.807, 2.05) is 0 Å². The predicted octanol–water partition coefficient (Wildman–Crippen LogP) is 9.01. The molecule has 0 fully saturated rings. The second-order valence-electron chi connectivity index (χ2n) is 9.16. The molecule has 0 aromatic carbocycles. The van der Waals surface area contributed by atoms with Crippen molar-refractivity contribution in [3.8, 4) is 0 Å². The van der Waals surface area contributed by atoms with E-state index in [-0.39, 0.29) is 5.97 Å². The van der Waals surface area contributed by atoms with Gasteiger partial charge in [-0.15, -0.1) is 0 Å². The van der Waals surface area contributed by atoms with Crippen molar-refractivity contribution < 1.29 is 9.53 Å². The summed E-state index contributed by atoms with van der Waals surface area (Å²) in [5.74, 6) is 0.797. The third kappa shape index (κ3) is 23.5. The molecule has 0 radical (unpaired) electrons. The molecule has 0 aliphatic carbocycles. The van der Waals surface area contributed by atoms with E-state index in [1.54, 1.807) is 0 Å². The summed E-state index contributed by atoms with van der Waals surface area (Å²) >= 11 is 0. The van der Waals surface area contributed by atoms with E-state index in [1.165, 1.54) is 109 Å². The Morgan fingerprint density at radius 3 is 1.50 bits per heavy atom. The fraction of sp³-hybridized carbons (Fsp3) is 0.962. The molecule has 0 aliphatic rings. The molecule has 2 heteroatoms. The number of esters is 1. The molecule has 0 spiro atoms. The number of rotatable bonds is 22. The molecule has 28 heavy (non-hydrogen) atoms. The van der Waals surface area contributed by atoms with Crippen molar-refractivity contribution in [1.82, 2.24) is 0 Å². The van der Waals surface area contributed by atoms with Crippen LogP contribution in [0.1, 0.15) is 149 Å². The highest BCUT2D eigenvalue weighted by atomic mass is 16.5. The third-order valence-corrected chi connectivity index (χ3v) is 5.67. The van der Waals surface area contributed by atoms with Gasteiger partial charge in [-0.25, -0.2) is 0 Å². The molecule has 0 rings (SSSR count). The lowest BCUT2D eigenvalue weighted by Crippen LogP contribution is -2.05. The fourth-order valence-corrected chi connectivity index (χ4v) is 3.73. The molecule has 2 nitrogen and oxygen atoms in total. The Hall–Kier alpha value is -0.530. The topological polar surface area (TPSA) is 26.3 Å². The average Bonchev–Trinajstić information content (AvgIpc) is 2.67. The van der Waals surface area contributed by atoms with Crippen LogP contribution in [0.5, 0.6) is 0 Å². The summed E-state index contributed by atoms with van der Waals surface area (Å²) in [7, 11) is 0. The van der Waals surface area contributed by atoms with Crippen LogP contribution < -0.4 is 0 Å². The lowest BCUT2D eigenvalue weighted by Gasteiger charge is -2.06. The summed E-state index contributed by atoms with van der Waals surface area (Å²) < 4.78 is 5.33. The van der Waals surface area contributed by atoms with E-state index in [2.05, 4.69) is 20.8 Å². The number of hydrogen-bond acceptors (Lipinski definition) is 2. The van der Waals surface area contributed by atoms with E-state index >= 15 is 0 Å². The number of unbranched alkanes of at least 4 members (excludes halogenated alkanes) is 16. The molecular formula is C26H52O2. The predicted molar refractivity (Wildman–Crippen MR) is 124 cm³/mol. The van der Waals surface area contributed by atoms with Crippen LogP contribution in [0.4, 0.5) is 0 Å². The van der Waals surface area contributed by atoms with Crippen molar-refractivity contribution >= 4 is 5.97 Å². The Morgan fingerprint density at radius 1 is 0.607 bits per heavy atom. The monoisotopic (exact) mass is 396 g/mol. The van der Waals surface area contributed by atoms with Gasteiger partial charge >= 0.3 is 5.97 Å². The summed E-state index contributed by atoms with van der Waals surface area (Å²) in [6, 6.07) is 0. The van der Waals surface area contributed by atoms with Gasteiger partial charge in [-0.05, 0) is 18.8 Å². The summed E-state index contributed by atoms with van der Waals surface area (Å²) in [4.78, 5) is 11.7. The quantitative estimate of drug-likeness (QED) is 0.135. The van der Waals surface area contributed by atoms with E-state index in [0.29, 0.717) is 13.0 Å². The van der Waals surface area contributed by atoms with Crippen LogP contribution >= 0.6 is 0 Å². The van der Waals surface area contributed by atoms with Crippen LogP contribution in [0.25, 0.3) is 0 Å². The van der Waals surface area contributed by atoms with Crippen LogP contribution in [-0.4, -0.2) is 12.6 Å². The van der Waals surface area contributed by atoms with Crippen LogP contribution in [0, 0.1) is 5.92 Å². The summed E-state index contributed by atoms with van der Waals surface area (Å²) in [6.45, 7) is 7.43. The molecule has 0 aromatic rings. The molecule has 0 N–H and O–H groups in total. The van der Waals surface area contributed by atoms with Crippen molar-refractivity contribution in [2.45, 2.75) is 149 Å². The molecule has 0 bridgehead atoms. The van der Waals surface area contributed by atoms with Gasteiger partial charge in [0, 0.05) is 6.42 Å². The zero-order chi connectivity index (χ0) is 20.7. The first-order chi connectivity index (χ1) is 13.7. The van der Waals surface area contributed by atoms with Crippen molar-refractivity contribution in [3.05, 3.63) is 0 Å². The van der Waals surface area contributed by atoms with Crippen LogP contribution in [-0.2, 0) is 9.53 Å². The van der Waals surface area contributed by atoms with E-state index in [4.69, 9.17) is 4.74 Å². The maximum Gasteiger partial charge on any atom is 0.305 e. The molecule has 0 atom stereocenters. The lowest BCUT2D eigenvalue weighted by atomic mass is 10.0. The molecule has 0 heterocycles. The van der Waals surface area contributed by atoms with Crippen molar-refractivity contribution in [2.24, 2.45) is 5.92 Å². The van der Waals surface area contributed by atoms with Crippen LogP contribution in [0.2, 0.25) is 0 Å². The van der Waals surface area contributed by atoms with Gasteiger partial charge in [0.05, 0.1) is 6.61 Å². The molecule has 0 amide bonds. The SMILES string of the molecule is CCCCCCCCCCCCCCCCCC(=O)OCCCCCC(C)C. The second kappa shape index (κ2) is 22.8. The van der Waals surface area contributed by atoms with Crippen LogP contribution in [0.15, 0.2) is 0 Å². The highest BCUT2D eigenvalue weighted by Crippen LogP contribution is 2.14. The first-order valence-corrected chi connectivity index (χ1v) is 12.8. The minimum atomic E-state index is 0.0125. The fourth-order valence-electron chi connectivity index (χ4n) is 3.73. The van der Waals surface area contributed by atoms with Crippen molar-refractivity contribution in [1.29, 1.82) is 0 Å². The largest absolute Gasteiger partial charge is 0.466 e. The number of ether oxygens (including phenoxy) is 1. The first-order valence-electron chi connectivity index (χ1n) is 12.8. The van der Waals surface area contributed by atoms with E-state index < -0.39 is 0 Å². The first kappa shape index (κ1) is 27.5. The maximum absolute atomic E-state index is 11.7. The Kier molecular flexibility index (Phi) is 22.3. The highest BCUT2D eigenvalue weighted by Gasteiger charge is 2.03. The lowest BCUT2D eigenvalue weighted by molar-refractivity contribution is -0.143. The zero-order valence-corrected chi connectivity index (χ0v) is 19.7.